The third-order valence-electron chi connectivity index (χ3n) is 4.26. The Morgan fingerprint density at radius 1 is 0.955 bits per heavy atom. The molecule has 0 aromatic heterocycles. The lowest BCUT2D eigenvalue weighted by Crippen LogP contribution is -2.27. The molecule has 4 heteroatoms. The van der Waals surface area contributed by atoms with Crippen molar-refractivity contribution in [2.45, 2.75) is 43.5 Å². The summed E-state index contributed by atoms with van der Waals surface area (Å²) in [6, 6.07) is 14.9. The van der Waals surface area contributed by atoms with E-state index < -0.39 is 10.0 Å². The molecule has 0 amide bonds. The zero-order chi connectivity index (χ0) is 15.6. The van der Waals surface area contributed by atoms with Gasteiger partial charge in [0.05, 0.1) is 4.90 Å². The van der Waals surface area contributed by atoms with E-state index in [9.17, 15) is 8.42 Å². The lowest BCUT2D eigenvalue weighted by Gasteiger charge is -2.18. The average molecular weight is 315 g/mol. The van der Waals surface area contributed by atoms with Crippen molar-refractivity contribution in [2.24, 2.45) is 0 Å². The maximum atomic E-state index is 12.6. The topological polar surface area (TPSA) is 46.2 Å². The van der Waals surface area contributed by atoms with E-state index in [1.54, 1.807) is 6.07 Å². The Morgan fingerprint density at radius 2 is 1.64 bits per heavy atom. The molecule has 2 aromatic rings. The van der Waals surface area contributed by atoms with Crippen molar-refractivity contribution >= 4 is 10.0 Å². The van der Waals surface area contributed by atoms with Crippen LogP contribution in [-0.4, -0.2) is 8.42 Å². The third-order valence-corrected chi connectivity index (χ3v) is 5.80. The third kappa shape index (κ3) is 3.23. The van der Waals surface area contributed by atoms with E-state index in [4.69, 9.17) is 0 Å². The largest absolute Gasteiger partial charge is 0.241 e. The molecule has 22 heavy (non-hydrogen) atoms. The minimum Gasteiger partial charge on any atom is -0.207 e. The molecule has 1 unspecified atom stereocenters. The van der Waals surface area contributed by atoms with Gasteiger partial charge in [-0.25, -0.2) is 13.1 Å². The summed E-state index contributed by atoms with van der Waals surface area (Å²) in [4.78, 5) is 0.371. The molecule has 0 radical (unpaired) electrons. The van der Waals surface area contributed by atoms with Crippen LogP contribution >= 0.6 is 0 Å². The van der Waals surface area contributed by atoms with Crippen molar-refractivity contribution in [3.05, 3.63) is 65.2 Å². The molecule has 0 fully saturated rings. The van der Waals surface area contributed by atoms with Gasteiger partial charge in [0.2, 0.25) is 10.0 Å². The highest BCUT2D eigenvalue weighted by Crippen LogP contribution is 2.25. The minimum atomic E-state index is -3.49. The average Bonchev–Trinajstić information content (AvgIpc) is 2.55. The zero-order valence-electron chi connectivity index (χ0n) is 12.7. The van der Waals surface area contributed by atoms with E-state index in [1.165, 1.54) is 17.5 Å². The zero-order valence-corrected chi connectivity index (χ0v) is 13.6. The van der Waals surface area contributed by atoms with Gasteiger partial charge in [0.25, 0.3) is 0 Å². The van der Waals surface area contributed by atoms with Crippen LogP contribution in [-0.2, 0) is 22.9 Å². The second kappa shape index (κ2) is 6.23. The highest BCUT2D eigenvalue weighted by Gasteiger charge is 2.20. The first kappa shape index (κ1) is 15.3. The molecule has 0 saturated heterocycles. The van der Waals surface area contributed by atoms with Gasteiger partial charge in [-0.15, -0.1) is 0 Å². The maximum absolute atomic E-state index is 12.6. The van der Waals surface area contributed by atoms with Crippen LogP contribution in [0.2, 0.25) is 0 Å². The first-order valence-electron chi connectivity index (χ1n) is 7.75. The minimum absolute atomic E-state index is 0.248. The number of aryl methyl sites for hydroxylation is 2. The summed E-state index contributed by atoms with van der Waals surface area (Å²) in [5.41, 5.74) is 3.44. The summed E-state index contributed by atoms with van der Waals surface area (Å²) in [6.45, 7) is 1.87. The molecule has 1 atom stereocenters. The first-order valence-corrected chi connectivity index (χ1v) is 9.24. The van der Waals surface area contributed by atoms with Crippen molar-refractivity contribution in [2.75, 3.05) is 0 Å². The quantitative estimate of drug-likeness (QED) is 0.937. The fourth-order valence-electron chi connectivity index (χ4n) is 2.99. The Morgan fingerprint density at radius 3 is 2.36 bits per heavy atom. The van der Waals surface area contributed by atoms with E-state index in [2.05, 4.69) is 4.72 Å². The van der Waals surface area contributed by atoms with Crippen molar-refractivity contribution in [1.82, 2.24) is 4.72 Å². The van der Waals surface area contributed by atoms with Crippen LogP contribution in [0, 0.1) is 0 Å². The van der Waals surface area contributed by atoms with E-state index in [1.807, 2.05) is 49.4 Å². The predicted molar refractivity (Wildman–Crippen MR) is 88.3 cm³/mol. The molecule has 1 aliphatic rings. The van der Waals surface area contributed by atoms with Crippen LogP contribution in [0.1, 0.15) is 42.5 Å². The highest BCUT2D eigenvalue weighted by atomic mass is 32.2. The number of hydrogen-bond acceptors (Lipinski definition) is 2. The molecule has 1 N–H and O–H groups in total. The Bertz CT molecular complexity index is 754. The molecule has 0 aliphatic heterocycles. The molecule has 3 nitrogen and oxygen atoms in total. The van der Waals surface area contributed by atoms with Gasteiger partial charge in [-0.1, -0.05) is 36.4 Å². The lowest BCUT2D eigenvalue weighted by atomic mass is 9.92. The molecule has 0 heterocycles. The lowest BCUT2D eigenvalue weighted by molar-refractivity contribution is 0.566. The summed E-state index contributed by atoms with van der Waals surface area (Å²) in [5, 5.41) is 0. The number of hydrogen-bond donors (Lipinski definition) is 1. The monoisotopic (exact) mass is 315 g/mol. The summed E-state index contributed by atoms with van der Waals surface area (Å²) in [6.07, 6.45) is 4.38. The standard InChI is InChI=1S/C18H21NO2S/c1-14(15-7-3-2-4-8-15)19-22(20,21)18-12-11-16-9-5-6-10-17(16)13-18/h2-4,7-8,11-14,19H,5-6,9-10H2,1H3. The van der Waals surface area contributed by atoms with Crippen molar-refractivity contribution in [3.8, 4) is 0 Å². The second-order valence-corrected chi connectivity index (χ2v) is 7.61. The number of sulfonamides is 1. The number of benzene rings is 2. The summed E-state index contributed by atoms with van der Waals surface area (Å²) in [7, 11) is -3.49. The van der Waals surface area contributed by atoms with Gasteiger partial charge in [-0.2, -0.15) is 0 Å². The summed E-state index contributed by atoms with van der Waals surface area (Å²) < 4.78 is 27.9. The SMILES string of the molecule is CC(NS(=O)(=O)c1ccc2c(c1)CCCC2)c1ccccc1. The van der Waals surface area contributed by atoms with Gasteiger partial charge >= 0.3 is 0 Å². The van der Waals surface area contributed by atoms with Crippen LogP contribution in [0.25, 0.3) is 0 Å². The fourth-order valence-corrected chi connectivity index (χ4v) is 4.27. The summed E-state index contributed by atoms with van der Waals surface area (Å²) >= 11 is 0. The fraction of sp³-hybridized carbons (Fsp3) is 0.333. The Balaban J connectivity index is 1.84. The van der Waals surface area contributed by atoms with Crippen LogP contribution in [0.4, 0.5) is 0 Å². The molecule has 2 aromatic carbocycles. The van der Waals surface area contributed by atoms with E-state index in [-0.39, 0.29) is 6.04 Å². The van der Waals surface area contributed by atoms with Crippen LogP contribution in [0.3, 0.4) is 0 Å². The van der Waals surface area contributed by atoms with Gasteiger partial charge in [0.1, 0.15) is 0 Å². The van der Waals surface area contributed by atoms with E-state index in [0.717, 1.165) is 24.8 Å². The van der Waals surface area contributed by atoms with Crippen LogP contribution in [0.15, 0.2) is 53.4 Å². The van der Waals surface area contributed by atoms with Crippen molar-refractivity contribution < 1.29 is 8.42 Å². The Labute approximate surface area is 132 Å². The maximum Gasteiger partial charge on any atom is 0.241 e. The molecular formula is C18H21NO2S. The summed E-state index contributed by atoms with van der Waals surface area (Å²) in [5.74, 6) is 0. The normalized spacial score (nSPS) is 16.0. The van der Waals surface area contributed by atoms with Crippen LogP contribution < -0.4 is 4.72 Å². The first-order chi connectivity index (χ1) is 10.6. The van der Waals surface area contributed by atoms with Crippen molar-refractivity contribution in [1.29, 1.82) is 0 Å². The smallest absolute Gasteiger partial charge is 0.207 e. The molecule has 3 rings (SSSR count). The van der Waals surface area contributed by atoms with Crippen molar-refractivity contribution in [3.63, 3.8) is 0 Å². The van der Waals surface area contributed by atoms with Gasteiger partial charge < -0.3 is 0 Å². The molecule has 116 valence electrons. The van der Waals surface area contributed by atoms with E-state index >= 15 is 0 Å². The van der Waals surface area contributed by atoms with Gasteiger partial charge in [0, 0.05) is 6.04 Å². The van der Waals surface area contributed by atoms with Gasteiger partial charge in [-0.05, 0) is 61.4 Å². The Hall–Kier alpha value is -1.65. The Kier molecular flexibility index (Phi) is 4.32. The number of nitrogens with one attached hydrogen (secondary N) is 1. The second-order valence-electron chi connectivity index (χ2n) is 5.89. The number of fused-ring (bicyclic) bond motifs is 1. The van der Waals surface area contributed by atoms with E-state index in [0.29, 0.717) is 4.90 Å². The highest BCUT2D eigenvalue weighted by molar-refractivity contribution is 7.89. The van der Waals surface area contributed by atoms with Gasteiger partial charge in [-0.3, -0.25) is 0 Å². The molecular weight excluding hydrogens is 294 g/mol. The molecule has 0 spiro atoms. The van der Waals surface area contributed by atoms with Crippen LogP contribution in [0.5, 0.6) is 0 Å². The molecule has 1 aliphatic carbocycles. The van der Waals surface area contributed by atoms with Gasteiger partial charge in [0.15, 0.2) is 0 Å². The molecule has 0 saturated carbocycles. The number of rotatable bonds is 4. The molecule has 0 bridgehead atoms. The predicted octanol–water partition coefficient (Wildman–Crippen LogP) is 3.60.